The molecule has 136 valence electrons. The summed E-state index contributed by atoms with van der Waals surface area (Å²) < 4.78 is 43.0. The number of benzene rings is 2. The van der Waals surface area contributed by atoms with Gasteiger partial charge in [0.15, 0.2) is 12.0 Å². The first-order valence-corrected chi connectivity index (χ1v) is 7.71. The third kappa shape index (κ3) is 3.03. The van der Waals surface area contributed by atoms with Gasteiger partial charge < -0.3 is 15.1 Å². The summed E-state index contributed by atoms with van der Waals surface area (Å²) in [5.74, 6) is 0. The predicted molar refractivity (Wildman–Crippen MR) is 93.4 cm³/mol. The Morgan fingerprint density at radius 3 is 2.07 bits per heavy atom. The van der Waals surface area contributed by atoms with Gasteiger partial charge in [-0.15, -0.1) is 0 Å². The lowest BCUT2D eigenvalue weighted by atomic mass is 10.1. The Kier molecular flexibility index (Phi) is 3.72. The molecule has 0 radical (unpaired) electrons. The summed E-state index contributed by atoms with van der Waals surface area (Å²) in [4.78, 5) is 27.7. The normalized spacial score (nSPS) is 11.8. The van der Waals surface area contributed by atoms with Gasteiger partial charge >= 0.3 is 6.18 Å². The Morgan fingerprint density at radius 2 is 1.44 bits per heavy atom. The first-order chi connectivity index (χ1) is 12.8. The molecule has 1 aromatic heterocycles. The SMILES string of the molecule is O=c1c(Nc2ccc(C(F)(F)F)cc2)c(Nc2ccc3ncoc3c2)c1=O. The number of nitrogens with one attached hydrogen (secondary N) is 2. The van der Waals surface area contributed by atoms with E-state index in [0.717, 1.165) is 12.1 Å². The van der Waals surface area contributed by atoms with Crippen molar-refractivity contribution in [1.82, 2.24) is 4.98 Å². The van der Waals surface area contributed by atoms with Gasteiger partial charge in [-0.05, 0) is 36.4 Å². The molecule has 0 fully saturated rings. The predicted octanol–water partition coefficient (Wildman–Crippen LogP) is 3.93. The Morgan fingerprint density at radius 1 is 0.852 bits per heavy atom. The Labute approximate surface area is 149 Å². The van der Waals surface area contributed by atoms with Gasteiger partial charge in [0.2, 0.25) is 0 Å². The van der Waals surface area contributed by atoms with Gasteiger partial charge in [0.25, 0.3) is 10.9 Å². The van der Waals surface area contributed by atoms with Crippen molar-refractivity contribution in [3.8, 4) is 0 Å². The van der Waals surface area contributed by atoms with Crippen LogP contribution in [-0.2, 0) is 6.18 Å². The number of hydrogen-bond acceptors (Lipinski definition) is 6. The van der Waals surface area contributed by atoms with Crippen molar-refractivity contribution in [1.29, 1.82) is 0 Å². The van der Waals surface area contributed by atoms with E-state index in [0.29, 0.717) is 16.8 Å². The van der Waals surface area contributed by atoms with E-state index in [1.807, 2.05) is 0 Å². The standard InChI is InChI=1S/C18H10F3N3O3/c19-18(20,21)9-1-3-10(4-2-9)23-14-15(17(26)16(14)25)24-11-5-6-12-13(7-11)27-8-22-12/h1-8,23-24H. The minimum atomic E-state index is -4.45. The van der Waals surface area contributed by atoms with E-state index in [1.165, 1.54) is 18.5 Å². The van der Waals surface area contributed by atoms with Crippen LogP contribution in [0, 0.1) is 0 Å². The van der Waals surface area contributed by atoms with E-state index in [4.69, 9.17) is 4.42 Å². The number of hydrogen-bond donors (Lipinski definition) is 2. The molecular formula is C18H10F3N3O3. The molecule has 4 rings (SSSR count). The molecule has 0 saturated carbocycles. The van der Waals surface area contributed by atoms with Crippen LogP contribution in [0.3, 0.4) is 0 Å². The fraction of sp³-hybridized carbons (Fsp3) is 0.0556. The minimum Gasteiger partial charge on any atom is -0.443 e. The highest BCUT2D eigenvalue weighted by Crippen LogP contribution is 2.31. The second kappa shape index (κ2) is 5.97. The second-order valence-electron chi connectivity index (χ2n) is 5.77. The minimum absolute atomic E-state index is 0.0163. The zero-order chi connectivity index (χ0) is 19.2. The van der Waals surface area contributed by atoms with Crippen LogP contribution < -0.4 is 21.5 Å². The monoisotopic (exact) mass is 373 g/mol. The lowest BCUT2D eigenvalue weighted by molar-refractivity contribution is -0.137. The van der Waals surface area contributed by atoms with Crippen LogP contribution in [0.5, 0.6) is 0 Å². The molecule has 4 aromatic rings. The van der Waals surface area contributed by atoms with Crippen molar-refractivity contribution in [2.24, 2.45) is 0 Å². The van der Waals surface area contributed by atoms with E-state index >= 15 is 0 Å². The summed E-state index contributed by atoms with van der Waals surface area (Å²) in [5, 5.41) is 5.51. The van der Waals surface area contributed by atoms with E-state index in [-0.39, 0.29) is 17.1 Å². The molecule has 9 heteroatoms. The van der Waals surface area contributed by atoms with E-state index in [1.54, 1.807) is 18.2 Å². The third-order valence-corrected chi connectivity index (χ3v) is 3.99. The molecular weight excluding hydrogens is 363 g/mol. The van der Waals surface area contributed by atoms with Gasteiger partial charge in [0.1, 0.15) is 16.9 Å². The van der Waals surface area contributed by atoms with Crippen LogP contribution in [-0.4, -0.2) is 4.98 Å². The summed E-state index contributed by atoms with van der Waals surface area (Å²) in [5.41, 5.74) is -0.386. The maximum absolute atomic E-state index is 12.6. The average Bonchev–Trinajstić information content (AvgIpc) is 3.11. The molecule has 0 atom stereocenters. The number of fused-ring (bicyclic) bond motifs is 1. The second-order valence-corrected chi connectivity index (χ2v) is 5.77. The van der Waals surface area contributed by atoms with Gasteiger partial charge in [-0.25, -0.2) is 4.98 Å². The quantitative estimate of drug-likeness (QED) is 0.528. The number of rotatable bonds is 4. The molecule has 1 heterocycles. The summed E-state index contributed by atoms with van der Waals surface area (Å²) in [7, 11) is 0. The maximum atomic E-state index is 12.6. The molecule has 2 N–H and O–H groups in total. The van der Waals surface area contributed by atoms with Crippen molar-refractivity contribution in [2.45, 2.75) is 6.18 Å². The summed E-state index contributed by atoms with van der Waals surface area (Å²) >= 11 is 0. The smallest absolute Gasteiger partial charge is 0.416 e. The Balaban J connectivity index is 1.59. The first kappa shape index (κ1) is 16.8. The van der Waals surface area contributed by atoms with Crippen LogP contribution in [0.2, 0.25) is 0 Å². The van der Waals surface area contributed by atoms with Gasteiger partial charge in [0, 0.05) is 17.4 Å². The number of nitrogens with zero attached hydrogens (tertiary/aromatic N) is 1. The Bertz CT molecular complexity index is 1200. The fourth-order valence-corrected chi connectivity index (χ4v) is 2.59. The van der Waals surface area contributed by atoms with Gasteiger partial charge in [-0.1, -0.05) is 0 Å². The highest BCUT2D eigenvalue weighted by molar-refractivity contribution is 5.85. The molecule has 3 aromatic carbocycles. The molecule has 0 aliphatic heterocycles. The summed E-state index contributed by atoms with van der Waals surface area (Å²) in [6.07, 6.45) is -3.17. The number of anilines is 4. The molecule has 0 spiro atoms. The van der Waals surface area contributed by atoms with E-state index in [9.17, 15) is 22.8 Å². The van der Waals surface area contributed by atoms with Crippen LogP contribution >= 0.6 is 0 Å². The molecule has 0 aliphatic rings. The van der Waals surface area contributed by atoms with Gasteiger partial charge in [0.05, 0.1) is 5.56 Å². The van der Waals surface area contributed by atoms with Crippen molar-refractivity contribution in [2.75, 3.05) is 10.6 Å². The molecule has 0 amide bonds. The first-order valence-electron chi connectivity index (χ1n) is 7.71. The summed E-state index contributed by atoms with van der Waals surface area (Å²) in [6, 6.07) is 9.09. The van der Waals surface area contributed by atoms with Gasteiger partial charge in [-0.2, -0.15) is 13.2 Å². The average molecular weight is 373 g/mol. The zero-order valence-electron chi connectivity index (χ0n) is 13.4. The highest BCUT2D eigenvalue weighted by Gasteiger charge is 2.30. The molecule has 0 bridgehead atoms. The van der Waals surface area contributed by atoms with Crippen molar-refractivity contribution < 1.29 is 17.6 Å². The van der Waals surface area contributed by atoms with E-state index < -0.39 is 22.6 Å². The van der Waals surface area contributed by atoms with E-state index in [2.05, 4.69) is 15.6 Å². The molecule has 0 unspecified atom stereocenters. The number of halogens is 3. The lowest BCUT2D eigenvalue weighted by Gasteiger charge is -2.15. The lowest BCUT2D eigenvalue weighted by Crippen LogP contribution is -2.35. The molecule has 6 nitrogen and oxygen atoms in total. The van der Waals surface area contributed by atoms with Gasteiger partial charge in [-0.3, -0.25) is 9.59 Å². The topological polar surface area (TPSA) is 84.2 Å². The third-order valence-electron chi connectivity index (χ3n) is 3.99. The Hall–Kier alpha value is -3.62. The van der Waals surface area contributed by atoms with Crippen LogP contribution in [0.4, 0.5) is 35.9 Å². The summed E-state index contributed by atoms with van der Waals surface area (Å²) in [6.45, 7) is 0. The van der Waals surface area contributed by atoms with Crippen molar-refractivity contribution in [3.63, 3.8) is 0 Å². The van der Waals surface area contributed by atoms with Crippen LogP contribution in [0.25, 0.3) is 11.1 Å². The van der Waals surface area contributed by atoms with Crippen molar-refractivity contribution in [3.05, 3.63) is 74.9 Å². The van der Waals surface area contributed by atoms with Crippen LogP contribution in [0.15, 0.2) is 62.9 Å². The fourth-order valence-electron chi connectivity index (χ4n) is 2.59. The maximum Gasteiger partial charge on any atom is 0.416 e. The molecule has 0 saturated heterocycles. The van der Waals surface area contributed by atoms with Crippen molar-refractivity contribution >= 4 is 33.8 Å². The number of aromatic nitrogens is 1. The number of oxazole rings is 1. The van der Waals surface area contributed by atoms with Crippen LogP contribution in [0.1, 0.15) is 5.56 Å². The number of alkyl halides is 3. The highest BCUT2D eigenvalue weighted by atomic mass is 19.4. The molecule has 27 heavy (non-hydrogen) atoms. The zero-order valence-corrected chi connectivity index (χ0v) is 13.4. The molecule has 0 aliphatic carbocycles. The largest absolute Gasteiger partial charge is 0.443 e.